The van der Waals surface area contributed by atoms with Crippen molar-refractivity contribution in [3.63, 3.8) is 0 Å². The van der Waals surface area contributed by atoms with Crippen LogP contribution >= 0.6 is 11.6 Å². The van der Waals surface area contributed by atoms with Gasteiger partial charge in [0.25, 0.3) is 0 Å². The standard InChI is InChI=1S/C14H18ClNO2/c15-9-14(17)16-10-11-4-3-7-13(8-11)18-12-5-1-2-6-12/h3-4,7-8,12H,1-2,5-6,9-10H2,(H,16,17). The van der Waals surface area contributed by atoms with Crippen molar-refractivity contribution in [1.29, 1.82) is 0 Å². The number of amides is 1. The molecule has 3 nitrogen and oxygen atoms in total. The minimum atomic E-state index is -0.154. The first-order valence-corrected chi connectivity index (χ1v) is 6.89. The highest BCUT2D eigenvalue weighted by atomic mass is 35.5. The molecule has 1 aromatic carbocycles. The maximum Gasteiger partial charge on any atom is 0.235 e. The molecule has 0 heterocycles. The maximum atomic E-state index is 11.1. The Bertz CT molecular complexity index is 403. The zero-order valence-electron chi connectivity index (χ0n) is 10.3. The highest BCUT2D eigenvalue weighted by Gasteiger charge is 2.16. The lowest BCUT2D eigenvalue weighted by atomic mass is 10.2. The van der Waals surface area contributed by atoms with Crippen molar-refractivity contribution in [3.05, 3.63) is 29.8 Å². The Labute approximate surface area is 112 Å². The first-order valence-electron chi connectivity index (χ1n) is 6.36. The Hall–Kier alpha value is -1.22. The largest absolute Gasteiger partial charge is 0.490 e. The molecule has 0 aromatic heterocycles. The Morgan fingerprint density at radius 3 is 2.89 bits per heavy atom. The molecule has 98 valence electrons. The molecule has 2 rings (SSSR count). The Kier molecular flexibility index (Phi) is 4.88. The summed E-state index contributed by atoms with van der Waals surface area (Å²) in [5, 5.41) is 2.74. The van der Waals surface area contributed by atoms with E-state index in [1.165, 1.54) is 12.8 Å². The number of hydrogen-bond acceptors (Lipinski definition) is 2. The lowest BCUT2D eigenvalue weighted by Crippen LogP contribution is -2.23. The fourth-order valence-corrected chi connectivity index (χ4v) is 2.27. The number of rotatable bonds is 5. The summed E-state index contributed by atoms with van der Waals surface area (Å²) in [5.41, 5.74) is 1.03. The summed E-state index contributed by atoms with van der Waals surface area (Å²) < 4.78 is 5.91. The van der Waals surface area contributed by atoms with Crippen molar-refractivity contribution >= 4 is 17.5 Å². The molecule has 0 spiro atoms. The molecule has 1 amide bonds. The van der Waals surface area contributed by atoms with Gasteiger partial charge in [-0.1, -0.05) is 12.1 Å². The highest BCUT2D eigenvalue weighted by Crippen LogP contribution is 2.24. The smallest absolute Gasteiger partial charge is 0.235 e. The maximum absolute atomic E-state index is 11.1. The van der Waals surface area contributed by atoms with E-state index in [4.69, 9.17) is 16.3 Å². The van der Waals surface area contributed by atoms with Gasteiger partial charge in [-0.2, -0.15) is 0 Å². The lowest BCUT2D eigenvalue weighted by Gasteiger charge is -2.14. The zero-order chi connectivity index (χ0) is 12.8. The molecule has 0 radical (unpaired) electrons. The van der Waals surface area contributed by atoms with Gasteiger partial charge in [0.05, 0.1) is 6.10 Å². The van der Waals surface area contributed by atoms with Crippen LogP contribution in [0.2, 0.25) is 0 Å². The third-order valence-corrected chi connectivity index (χ3v) is 3.36. The predicted octanol–water partition coefficient (Wildman–Crippen LogP) is 2.86. The van der Waals surface area contributed by atoms with E-state index in [-0.39, 0.29) is 11.8 Å². The Morgan fingerprint density at radius 1 is 1.39 bits per heavy atom. The van der Waals surface area contributed by atoms with E-state index in [1.807, 2.05) is 24.3 Å². The van der Waals surface area contributed by atoms with Gasteiger partial charge in [0.2, 0.25) is 5.91 Å². The van der Waals surface area contributed by atoms with Crippen LogP contribution in [0.4, 0.5) is 0 Å². The SMILES string of the molecule is O=C(CCl)NCc1cccc(OC2CCCC2)c1. The summed E-state index contributed by atoms with van der Waals surface area (Å²) in [4.78, 5) is 11.1. The van der Waals surface area contributed by atoms with Gasteiger partial charge >= 0.3 is 0 Å². The molecular formula is C14H18ClNO2. The topological polar surface area (TPSA) is 38.3 Å². The minimum absolute atomic E-state index is 0.00172. The molecule has 1 saturated carbocycles. The van der Waals surface area contributed by atoms with Crippen LogP contribution in [0.1, 0.15) is 31.2 Å². The van der Waals surface area contributed by atoms with Crippen molar-refractivity contribution in [3.8, 4) is 5.75 Å². The quantitative estimate of drug-likeness (QED) is 0.833. The second kappa shape index (κ2) is 6.64. The molecule has 0 atom stereocenters. The van der Waals surface area contributed by atoms with Gasteiger partial charge < -0.3 is 10.1 Å². The molecule has 1 aliphatic carbocycles. The molecule has 18 heavy (non-hydrogen) atoms. The monoisotopic (exact) mass is 267 g/mol. The summed E-state index contributed by atoms with van der Waals surface area (Å²) in [6.45, 7) is 0.493. The summed E-state index contributed by atoms with van der Waals surface area (Å²) >= 11 is 5.43. The lowest BCUT2D eigenvalue weighted by molar-refractivity contribution is -0.118. The van der Waals surface area contributed by atoms with Crippen LogP contribution in [0.15, 0.2) is 24.3 Å². The van der Waals surface area contributed by atoms with Gasteiger partial charge in [0.1, 0.15) is 11.6 Å². The first-order chi connectivity index (χ1) is 8.78. The van der Waals surface area contributed by atoms with E-state index in [1.54, 1.807) is 0 Å². The molecular weight excluding hydrogens is 250 g/mol. The van der Waals surface area contributed by atoms with E-state index in [0.29, 0.717) is 12.6 Å². The molecule has 0 bridgehead atoms. The van der Waals surface area contributed by atoms with E-state index < -0.39 is 0 Å². The number of alkyl halides is 1. The molecule has 4 heteroatoms. The summed E-state index contributed by atoms with van der Waals surface area (Å²) in [7, 11) is 0. The van der Waals surface area contributed by atoms with E-state index >= 15 is 0 Å². The summed E-state index contributed by atoms with van der Waals surface area (Å²) in [6, 6.07) is 7.86. The molecule has 1 fully saturated rings. The minimum Gasteiger partial charge on any atom is -0.490 e. The predicted molar refractivity (Wildman–Crippen MR) is 71.9 cm³/mol. The average Bonchev–Trinajstić information content (AvgIpc) is 2.89. The zero-order valence-corrected chi connectivity index (χ0v) is 11.1. The first kappa shape index (κ1) is 13.2. The Balaban J connectivity index is 1.89. The molecule has 0 saturated heterocycles. The van der Waals surface area contributed by atoms with Crippen molar-refractivity contribution in [1.82, 2.24) is 5.32 Å². The number of carbonyl (C=O) groups excluding carboxylic acids is 1. The number of hydrogen-bond donors (Lipinski definition) is 1. The molecule has 0 unspecified atom stereocenters. The van der Waals surface area contributed by atoms with Gasteiger partial charge in [-0.3, -0.25) is 4.79 Å². The normalized spacial score (nSPS) is 15.6. The van der Waals surface area contributed by atoms with Gasteiger partial charge in [-0.25, -0.2) is 0 Å². The van der Waals surface area contributed by atoms with E-state index in [0.717, 1.165) is 24.2 Å². The van der Waals surface area contributed by atoms with Gasteiger partial charge in [-0.05, 0) is 43.4 Å². The van der Waals surface area contributed by atoms with Crippen LogP contribution < -0.4 is 10.1 Å². The average molecular weight is 268 g/mol. The van der Waals surface area contributed by atoms with Crippen LogP contribution in [0, 0.1) is 0 Å². The van der Waals surface area contributed by atoms with Crippen molar-refractivity contribution in [2.24, 2.45) is 0 Å². The second-order valence-corrected chi connectivity index (χ2v) is 4.85. The number of carbonyl (C=O) groups is 1. The molecule has 1 N–H and O–H groups in total. The summed E-state index contributed by atoms with van der Waals surface area (Å²) in [6.07, 6.45) is 5.17. The van der Waals surface area contributed by atoms with Crippen molar-refractivity contribution in [2.45, 2.75) is 38.3 Å². The number of ether oxygens (including phenoxy) is 1. The second-order valence-electron chi connectivity index (χ2n) is 4.58. The van der Waals surface area contributed by atoms with Crippen LogP contribution in [-0.2, 0) is 11.3 Å². The molecule has 1 aliphatic rings. The highest BCUT2D eigenvalue weighted by molar-refractivity contribution is 6.27. The third kappa shape index (κ3) is 3.91. The number of benzene rings is 1. The third-order valence-electron chi connectivity index (χ3n) is 3.11. The van der Waals surface area contributed by atoms with Crippen LogP contribution in [0.3, 0.4) is 0 Å². The van der Waals surface area contributed by atoms with Crippen LogP contribution in [0.25, 0.3) is 0 Å². The van der Waals surface area contributed by atoms with E-state index in [9.17, 15) is 4.79 Å². The van der Waals surface area contributed by atoms with Crippen LogP contribution in [0.5, 0.6) is 5.75 Å². The van der Waals surface area contributed by atoms with E-state index in [2.05, 4.69) is 5.32 Å². The number of nitrogens with one attached hydrogen (secondary N) is 1. The van der Waals surface area contributed by atoms with Crippen molar-refractivity contribution < 1.29 is 9.53 Å². The summed E-state index contributed by atoms with van der Waals surface area (Å²) in [5.74, 6) is 0.733. The fourth-order valence-electron chi connectivity index (χ4n) is 2.18. The number of halogens is 1. The Morgan fingerprint density at radius 2 is 2.17 bits per heavy atom. The van der Waals surface area contributed by atoms with Crippen molar-refractivity contribution in [2.75, 3.05) is 5.88 Å². The van der Waals surface area contributed by atoms with Crippen LogP contribution in [-0.4, -0.2) is 17.9 Å². The molecule has 1 aromatic rings. The fraction of sp³-hybridized carbons (Fsp3) is 0.500. The van der Waals surface area contributed by atoms with Gasteiger partial charge in [0.15, 0.2) is 0 Å². The van der Waals surface area contributed by atoms with Gasteiger partial charge in [0, 0.05) is 6.54 Å². The van der Waals surface area contributed by atoms with Gasteiger partial charge in [-0.15, -0.1) is 11.6 Å². The molecule has 0 aliphatic heterocycles.